The summed E-state index contributed by atoms with van der Waals surface area (Å²) in [5.41, 5.74) is 2.43. The number of nitrogens with zero attached hydrogens (tertiary/aromatic N) is 3. The van der Waals surface area contributed by atoms with E-state index in [9.17, 15) is 0 Å². The minimum Gasteiger partial charge on any atom is -0.478 e. The Kier molecular flexibility index (Phi) is 5.69. The highest BCUT2D eigenvalue weighted by molar-refractivity contribution is 5.19. The molecule has 0 saturated heterocycles. The van der Waals surface area contributed by atoms with Crippen LogP contribution in [0.15, 0.2) is 42.9 Å². The third kappa shape index (κ3) is 4.26. The summed E-state index contributed by atoms with van der Waals surface area (Å²) in [5.74, 6) is 0.684. The van der Waals surface area contributed by atoms with Crippen LogP contribution in [0.3, 0.4) is 0 Å². The molecule has 21 heavy (non-hydrogen) atoms. The number of rotatable bonds is 7. The molecule has 2 aromatic heterocycles. The van der Waals surface area contributed by atoms with Crippen LogP contribution in [-0.4, -0.2) is 28.5 Å². The summed E-state index contributed by atoms with van der Waals surface area (Å²) >= 11 is 0. The van der Waals surface area contributed by atoms with Crippen molar-refractivity contribution >= 4 is 0 Å². The lowest BCUT2D eigenvalue weighted by Crippen LogP contribution is -2.23. The van der Waals surface area contributed by atoms with Gasteiger partial charge in [0.15, 0.2) is 0 Å². The molecule has 0 aliphatic rings. The molecule has 0 spiro atoms. The van der Waals surface area contributed by atoms with Gasteiger partial charge in [-0.25, -0.2) is 4.98 Å². The Hall–Kier alpha value is -1.94. The van der Waals surface area contributed by atoms with Gasteiger partial charge in [0, 0.05) is 37.2 Å². The summed E-state index contributed by atoms with van der Waals surface area (Å²) in [7, 11) is 2.14. The Bertz CT molecular complexity index is 527. The van der Waals surface area contributed by atoms with Gasteiger partial charge in [0.05, 0.1) is 6.61 Å². The Balaban J connectivity index is 2.03. The monoisotopic (exact) mass is 285 g/mol. The van der Waals surface area contributed by atoms with Crippen LogP contribution in [0.1, 0.15) is 37.4 Å². The minimum atomic E-state index is 0.366. The van der Waals surface area contributed by atoms with Gasteiger partial charge in [0.2, 0.25) is 5.88 Å². The molecule has 1 unspecified atom stereocenters. The van der Waals surface area contributed by atoms with Crippen LogP contribution in [0.25, 0.3) is 0 Å². The van der Waals surface area contributed by atoms with Crippen molar-refractivity contribution in [3.8, 4) is 5.88 Å². The largest absolute Gasteiger partial charge is 0.478 e. The zero-order valence-electron chi connectivity index (χ0n) is 13.0. The second kappa shape index (κ2) is 7.74. The van der Waals surface area contributed by atoms with Gasteiger partial charge >= 0.3 is 0 Å². The Morgan fingerprint density at radius 3 is 2.62 bits per heavy atom. The smallest absolute Gasteiger partial charge is 0.213 e. The van der Waals surface area contributed by atoms with Crippen molar-refractivity contribution in [1.29, 1.82) is 0 Å². The van der Waals surface area contributed by atoms with Gasteiger partial charge < -0.3 is 4.74 Å². The van der Waals surface area contributed by atoms with Gasteiger partial charge in [0.25, 0.3) is 0 Å². The lowest BCUT2D eigenvalue weighted by molar-refractivity contribution is 0.229. The van der Waals surface area contributed by atoms with E-state index in [4.69, 9.17) is 4.74 Å². The summed E-state index contributed by atoms with van der Waals surface area (Å²) in [6.45, 7) is 5.66. The first-order chi connectivity index (χ1) is 10.2. The van der Waals surface area contributed by atoms with Crippen molar-refractivity contribution in [3.63, 3.8) is 0 Å². The predicted molar refractivity (Wildman–Crippen MR) is 84.1 cm³/mol. The van der Waals surface area contributed by atoms with E-state index in [1.807, 2.05) is 37.6 Å². The number of pyridine rings is 2. The van der Waals surface area contributed by atoms with Crippen LogP contribution >= 0.6 is 0 Å². The Morgan fingerprint density at radius 1 is 1.19 bits per heavy atom. The molecule has 0 radical (unpaired) electrons. The maximum Gasteiger partial charge on any atom is 0.213 e. The van der Waals surface area contributed by atoms with Gasteiger partial charge in [0.1, 0.15) is 0 Å². The first-order valence-electron chi connectivity index (χ1n) is 7.42. The molecule has 2 aromatic rings. The molecule has 0 amide bonds. The molecule has 0 aromatic carbocycles. The number of hydrogen-bond acceptors (Lipinski definition) is 4. The molecule has 0 saturated carbocycles. The zero-order valence-corrected chi connectivity index (χ0v) is 13.0. The molecule has 0 fully saturated rings. The van der Waals surface area contributed by atoms with Crippen LogP contribution < -0.4 is 4.74 Å². The van der Waals surface area contributed by atoms with Crippen LogP contribution in [-0.2, 0) is 6.54 Å². The third-order valence-electron chi connectivity index (χ3n) is 3.51. The van der Waals surface area contributed by atoms with E-state index in [0.717, 1.165) is 13.0 Å². The maximum absolute atomic E-state index is 5.37. The summed E-state index contributed by atoms with van der Waals surface area (Å²) in [5, 5.41) is 0. The summed E-state index contributed by atoms with van der Waals surface area (Å²) in [4.78, 5) is 10.9. The number of aromatic nitrogens is 2. The molecule has 2 heterocycles. The van der Waals surface area contributed by atoms with E-state index in [1.54, 1.807) is 0 Å². The predicted octanol–water partition coefficient (Wildman–Crippen LogP) is 3.46. The normalized spacial score (nSPS) is 12.4. The molecule has 1 atom stereocenters. The van der Waals surface area contributed by atoms with Crippen molar-refractivity contribution in [2.75, 3.05) is 13.7 Å². The topological polar surface area (TPSA) is 38.2 Å². The Morgan fingerprint density at radius 2 is 2.05 bits per heavy atom. The molecule has 2 rings (SSSR count). The minimum absolute atomic E-state index is 0.366. The molecule has 4 nitrogen and oxygen atoms in total. The fraction of sp³-hybridized carbons (Fsp3) is 0.412. The fourth-order valence-electron chi connectivity index (χ4n) is 2.51. The average Bonchev–Trinajstić information content (AvgIpc) is 2.51. The third-order valence-corrected chi connectivity index (χ3v) is 3.51. The summed E-state index contributed by atoms with van der Waals surface area (Å²) in [6.07, 6.45) is 6.69. The van der Waals surface area contributed by atoms with Gasteiger partial charge in [-0.3, -0.25) is 9.88 Å². The van der Waals surface area contributed by atoms with E-state index in [0.29, 0.717) is 18.5 Å². The van der Waals surface area contributed by atoms with Gasteiger partial charge in [-0.05, 0) is 37.6 Å². The van der Waals surface area contributed by atoms with Gasteiger partial charge in [-0.15, -0.1) is 0 Å². The van der Waals surface area contributed by atoms with Gasteiger partial charge in [-0.2, -0.15) is 0 Å². The zero-order chi connectivity index (χ0) is 15.1. The highest BCUT2D eigenvalue weighted by Gasteiger charge is 2.15. The van der Waals surface area contributed by atoms with Gasteiger partial charge in [-0.1, -0.05) is 19.1 Å². The quantitative estimate of drug-likeness (QED) is 0.781. The molecule has 0 bridgehead atoms. The molecule has 4 heteroatoms. The highest BCUT2D eigenvalue weighted by Crippen LogP contribution is 2.23. The first-order valence-corrected chi connectivity index (χ1v) is 7.42. The number of ether oxygens (including phenoxy) is 1. The maximum atomic E-state index is 5.37. The fourth-order valence-corrected chi connectivity index (χ4v) is 2.51. The SMILES string of the molecule is CCOc1ccc(CN(C)C(CC)c2cccnc2)cn1. The van der Waals surface area contributed by atoms with E-state index >= 15 is 0 Å². The molecule has 0 N–H and O–H groups in total. The molecule has 112 valence electrons. The van der Waals surface area contributed by atoms with E-state index in [2.05, 4.69) is 41.0 Å². The van der Waals surface area contributed by atoms with Crippen molar-refractivity contribution < 1.29 is 4.74 Å². The molecular formula is C17H23N3O. The van der Waals surface area contributed by atoms with E-state index in [1.165, 1.54) is 11.1 Å². The first kappa shape index (κ1) is 15.4. The van der Waals surface area contributed by atoms with Crippen LogP contribution in [0.2, 0.25) is 0 Å². The molecular weight excluding hydrogens is 262 g/mol. The molecule has 0 aliphatic heterocycles. The van der Waals surface area contributed by atoms with E-state index < -0.39 is 0 Å². The average molecular weight is 285 g/mol. The standard InChI is InChI=1S/C17H23N3O/c1-4-16(15-7-6-10-18-12-15)20(3)13-14-8-9-17(19-11-14)21-5-2/h6-12,16H,4-5,13H2,1-3H3. The highest BCUT2D eigenvalue weighted by atomic mass is 16.5. The van der Waals surface area contributed by atoms with Crippen molar-refractivity contribution in [1.82, 2.24) is 14.9 Å². The van der Waals surface area contributed by atoms with Crippen LogP contribution in [0, 0.1) is 0 Å². The van der Waals surface area contributed by atoms with Crippen LogP contribution in [0.4, 0.5) is 0 Å². The van der Waals surface area contributed by atoms with E-state index in [-0.39, 0.29) is 0 Å². The second-order valence-corrected chi connectivity index (χ2v) is 5.06. The van der Waals surface area contributed by atoms with Crippen molar-refractivity contribution in [2.24, 2.45) is 0 Å². The summed E-state index contributed by atoms with van der Waals surface area (Å²) in [6, 6.07) is 8.49. The summed E-state index contributed by atoms with van der Waals surface area (Å²) < 4.78 is 5.37. The Labute approximate surface area is 126 Å². The second-order valence-electron chi connectivity index (χ2n) is 5.06. The lowest BCUT2D eigenvalue weighted by atomic mass is 10.0. The lowest BCUT2D eigenvalue weighted by Gasteiger charge is -2.27. The molecule has 0 aliphatic carbocycles. The van der Waals surface area contributed by atoms with Crippen LogP contribution in [0.5, 0.6) is 5.88 Å². The van der Waals surface area contributed by atoms with Crippen molar-refractivity contribution in [2.45, 2.75) is 32.9 Å². The van der Waals surface area contributed by atoms with Crippen molar-refractivity contribution in [3.05, 3.63) is 54.0 Å². The number of hydrogen-bond donors (Lipinski definition) is 0.